The fourth-order valence-electron chi connectivity index (χ4n) is 0.278. The summed E-state index contributed by atoms with van der Waals surface area (Å²) < 4.78 is 0. The molecule has 0 aliphatic carbocycles. The van der Waals surface area contributed by atoms with Crippen molar-refractivity contribution < 1.29 is 32.7 Å². The van der Waals surface area contributed by atoms with Gasteiger partial charge in [-0.15, -0.1) is 0 Å². The predicted octanol–water partition coefficient (Wildman–Crippen LogP) is 1.20. The molecule has 0 N–H and O–H groups in total. The van der Waals surface area contributed by atoms with Crippen molar-refractivity contribution in [3.63, 3.8) is 0 Å². The zero-order chi connectivity index (χ0) is 3.54. The van der Waals surface area contributed by atoms with Gasteiger partial charge in [-0.25, -0.2) is 0 Å². The maximum absolute atomic E-state index is 2.86. The molecule has 6 heavy (non-hydrogen) atoms. The Balaban J connectivity index is 0.000000250. The third-order valence-electron chi connectivity index (χ3n) is 0.496. The maximum Gasteiger partial charge on any atom is 0 e. The molecule has 0 aromatic heterocycles. The molecule has 0 fully saturated rings. The van der Waals surface area contributed by atoms with Gasteiger partial charge in [0.05, 0.1) is 0 Å². The second kappa shape index (κ2) is 3.64. The minimum absolute atomic E-state index is 0. The Labute approximate surface area is 62.8 Å². The van der Waals surface area contributed by atoms with Gasteiger partial charge in [0.1, 0.15) is 0 Å². The second-order valence-electron chi connectivity index (χ2n) is 0.885. The van der Waals surface area contributed by atoms with Gasteiger partial charge in [-0.2, -0.15) is 0 Å². The van der Waals surface area contributed by atoms with E-state index < -0.39 is 0 Å². The van der Waals surface area contributed by atoms with Crippen molar-refractivity contribution in [3.05, 3.63) is 30.3 Å². The second-order valence-corrected chi connectivity index (χ2v) is 0.885. The number of hydrogen-bond donors (Lipinski definition) is 0. The van der Waals surface area contributed by atoms with Crippen LogP contribution >= 0.6 is 0 Å². The Kier molecular flexibility index (Phi) is 3.91. The number of hydrogen-bond acceptors (Lipinski definition) is 0. The third-order valence-corrected chi connectivity index (χ3v) is 0.496. The molecular weight excluding hydrogens is 149 g/mol. The molecule has 1 aromatic rings. The van der Waals surface area contributed by atoms with Crippen LogP contribution in [0, 0.1) is 6.07 Å². The van der Waals surface area contributed by atoms with Crippen molar-refractivity contribution >= 4 is 0 Å². The Bertz CT molecular complexity index is 60.4. The normalized spacial score (nSPS) is 6.67. The molecule has 1 heteroatoms. The Hall–Kier alpha value is 0.454. The summed E-state index contributed by atoms with van der Waals surface area (Å²) in [4.78, 5) is 0. The van der Waals surface area contributed by atoms with Crippen LogP contribution in [0.3, 0.4) is 0 Å². The largest absolute Gasteiger partial charge is 0.376 e. The standard InChI is InChI=1S/C5H4.Y/c1-2-4-5-3-1;/h1-4H;/q-2;. The topological polar surface area (TPSA) is 0 Å². The summed E-state index contributed by atoms with van der Waals surface area (Å²) in [6, 6.07) is 10.5. The van der Waals surface area contributed by atoms with Gasteiger partial charge >= 0.3 is 0 Å². The van der Waals surface area contributed by atoms with E-state index in [9.17, 15) is 0 Å². The minimum atomic E-state index is 0. The molecular formula is C5H4Y-2. The van der Waals surface area contributed by atoms with Gasteiger partial charge in [-0.05, 0) is 0 Å². The molecule has 29 valence electrons. The zero-order valence-corrected chi connectivity index (χ0v) is 6.23. The van der Waals surface area contributed by atoms with E-state index in [1.54, 1.807) is 0 Å². The van der Waals surface area contributed by atoms with Gasteiger partial charge in [0, 0.05) is 32.7 Å². The van der Waals surface area contributed by atoms with Crippen LogP contribution in [-0.2, 0) is 32.7 Å². The Morgan fingerprint density at radius 1 is 1.50 bits per heavy atom. The average Bonchev–Trinajstić information content (AvgIpc) is 1.76. The first-order chi connectivity index (χ1) is 2.50. The summed E-state index contributed by atoms with van der Waals surface area (Å²) in [5.74, 6) is 0. The fraction of sp³-hybridized carbons (Fsp3) is 0. The fourth-order valence-corrected chi connectivity index (χ4v) is 0.278. The van der Waals surface area contributed by atoms with Crippen LogP contribution < -0.4 is 0 Å². The molecule has 0 atom stereocenters. The summed E-state index contributed by atoms with van der Waals surface area (Å²) in [5, 5.41) is 0. The van der Waals surface area contributed by atoms with Crippen LogP contribution in [-0.4, -0.2) is 0 Å². The van der Waals surface area contributed by atoms with E-state index >= 15 is 0 Å². The summed E-state index contributed by atoms with van der Waals surface area (Å²) in [5.41, 5.74) is 0. The summed E-state index contributed by atoms with van der Waals surface area (Å²) in [6.45, 7) is 0. The molecule has 1 rings (SSSR count). The van der Waals surface area contributed by atoms with Crippen molar-refractivity contribution in [3.8, 4) is 0 Å². The first kappa shape index (κ1) is 6.45. The van der Waals surface area contributed by atoms with Gasteiger partial charge in [0.25, 0.3) is 0 Å². The summed E-state index contributed by atoms with van der Waals surface area (Å²) in [7, 11) is 0. The van der Waals surface area contributed by atoms with Crippen molar-refractivity contribution in [2.24, 2.45) is 0 Å². The smallest absolute Gasteiger partial charge is 0 e. The van der Waals surface area contributed by atoms with Crippen LogP contribution in [0.1, 0.15) is 0 Å². The predicted molar refractivity (Wildman–Crippen MR) is 20.9 cm³/mol. The first-order valence-corrected chi connectivity index (χ1v) is 1.58. The molecule has 0 aliphatic rings. The molecule has 0 spiro atoms. The molecule has 0 saturated carbocycles. The average molecular weight is 153 g/mol. The summed E-state index contributed by atoms with van der Waals surface area (Å²) >= 11 is 0. The van der Waals surface area contributed by atoms with Crippen molar-refractivity contribution in [1.82, 2.24) is 0 Å². The third kappa shape index (κ3) is 1.79. The van der Waals surface area contributed by atoms with E-state index in [2.05, 4.69) is 6.07 Å². The van der Waals surface area contributed by atoms with Crippen LogP contribution in [0.4, 0.5) is 0 Å². The summed E-state index contributed by atoms with van der Waals surface area (Å²) in [6.07, 6.45) is 0. The van der Waals surface area contributed by atoms with Crippen LogP contribution in [0.5, 0.6) is 0 Å². The van der Waals surface area contributed by atoms with E-state index in [0.717, 1.165) is 0 Å². The van der Waals surface area contributed by atoms with E-state index in [1.807, 2.05) is 24.3 Å². The molecule has 0 bridgehead atoms. The molecule has 0 nitrogen and oxygen atoms in total. The Morgan fingerprint density at radius 3 is 2.50 bits per heavy atom. The Morgan fingerprint density at radius 2 is 2.33 bits per heavy atom. The van der Waals surface area contributed by atoms with Gasteiger partial charge in [0.15, 0.2) is 0 Å². The molecule has 0 unspecified atom stereocenters. The van der Waals surface area contributed by atoms with E-state index in [4.69, 9.17) is 0 Å². The quantitative estimate of drug-likeness (QED) is 0.491. The SMILES string of the molecule is [Y].[c-]1cc[cH-]c1. The number of rotatable bonds is 0. The zero-order valence-electron chi connectivity index (χ0n) is 3.39. The van der Waals surface area contributed by atoms with Gasteiger partial charge < -0.3 is 30.3 Å². The molecule has 1 aromatic carbocycles. The molecule has 1 radical (unpaired) electrons. The monoisotopic (exact) mass is 153 g/mol. The van der Waals surface area contributed by atoms with E-state index in [1.165, 1.54) is 0 Å². The molecule has 0 amide bonds. The minimum Gasteiger partial charge on any atom is -0.376 e. The molecule has 0 aliphatic heterocycles. The van der Waals surface area contributed by atoms with E-state index in [0.29, 0.717) is 0 Å². The van der Waals surface area contributed by atoms with Gasteiger partial charge in [-0.1, -0.05) is 0 Å². The van der Waals surface area contributed by atoms with Crippen LogP contribution in [0.25, 0.3) is 0 Å². The van der Waals surface area contributed by atoms with Crippen LogP contribution in [0.2, 0.25) is 0 Å². The maximum atomic E-state index is 2.86. The van der Waals surface area contributed by atoms with Crippen molar-refractivity contribution in [2.75, 3.05) is 0 Å². The van der Waals surface area contributed by atoms with Crippen molar-refractivity contribution in [2.45, 2.75) is 0 Å². The first-order valence-electron chi connectivity index (χ1n) is 1.58. The molecule has 0 heterocycles. The van der Waals surface area contributed by atoms with Crippen LogP contribution in [0.15, 0.2) is 24.3 Å². The van der Waals surface area contributed by atoms with Gasteiger partial charge in [-0.3, -0.25) is 0 Å². The van der Waals surface area contributed by atoms with Crippen molar-refractivity contribution in [1.29, 1.82) is 0 Å². The molecule has 0 saturated heterocycles. The van der Waals surface area contributed by atoms with E-state index in [-0.39, 0.29) is 32.7 Å². The van der Waals surface area contributed by atoms with Gasteiger partial charge in [0.2, 0.25) is 0 Å².